The minimum absolute atomic E-state index is 0.175. The molecule has 18 heavy (non-hydrogen) atoms. The highest BCUT2D eigenvalue weighted by atomic mass is 16.5. The van der Waals surface area contributed by atoms with E-state index in [9.17, 15) is 4.79 Å². The van der Waals surface area contributed by atoms with Gasteiger partial charge in [-0.05, 0) is 32.1 Å². The second-order valence-electron chi connectivity index (χ2n) is 4.57. The predicted octanol–water partition coefficient (Wildman–Crippen LogP) is 1.90. The lowest BCUT2D eigenvalue weighted by molar-refractivity contribution is -0.125. The molecule has 1 amide bonds. The standard InChI is InChI=1S/C14H25NO3/c1-17-11-12-18-10-9-15-14(16)13-7-5-3-2-4-6-8-13/h2-3,13H,4-12H2,1H3,(H,15,16)/b3-2-. The zero-order valence-electron chi connectivity index (χ0n) is 11.3. The first-order valence-corrected chi connectivity index (χ1v) is 6.84. The molecule has 4 heteroatoms. The van der Waals surface area contributed by atoms with Gasteiger partial charge in [-0.3, -0.25) is 4.79 Å². The second kappa shape index (κ2) is 10.1. The molecular formula is C14H25NO3. The molecule has 0 bridgehead atoms. The monoisotopic (exact) mass is 255 g/mol. The number of nitrogens with one attached hydrogen (secondary N) is 1. The van der Waals surface area contributed by atoms with E-state index >= 15 is 0 Å². The van der Waals surface area contributed by atoms with E-state index in [1.165, 1.54) is 0 Å². The molecule has 0 saturated heterocycles. The quantitative estimate of drug-likeness (QED) is 0.558. The molecule has 1 rings (SSSR count). The van der Waals surface area contributed by atoms with E-state index in [0.29, 0.717) is 26.4 Å². The van der Waals surface area contributed by atoms with Gasteiger partial charge in [-0.15, -0.1) is 0 Å². The van der Waals surface area contributed by atoms with Crippen LogP contribution in [0.5, 0.6) is 0 Å². The van der Waals surface area contributed by atoms with Crippen molar-refractivity contribution >= 4 is 5.91 Å². The maximum Gasteiger partial charge on any atom is 0.223 e. The molecule has 0 aromatic rings. The number of hydrogen-bond donors (Lipinski definition) is 1. The summed E-state index contributed by atoms with van der Waals surface area (Å²) in [7, 11) is 1.65. The summed E-state index contributed by atoms with van der Waals surface area (Å²) < 4.78 is 10.2. The van der Waals surface area contributed by atoms with Gasteiger partial charge in [-0.25, -0.2) is 0 Å². The first-order chi connectivity index (χ1) is 8.84. The van der Waals surface area contributed by atoms with E-state index in [2.05, 4.69) is 17.5 Å². The summed E-state index contributed by atoms with van der Waals surface area (Å²) >= 11 is 0. The van der Waals surface area contributed by atoms with Crippen LogP contribution in [0, 0.1) is 5.92 Å². The van der Waals surface area contributed by atoms with Gasteiger partial charge in [0.25, 0.3) is 0 Å². The van der Waals surface area contributed by atoms with Crippen LogP contribution in [0.15, 0.2) is 12.2 Å². The van der Waals surface area contributed by atoms with Gasteiger partial charge in [-0.1, -0.05) is 12.2 Å². The Morgan fingerprint density at radius 1 is 1.22 bits per heavy atom. The molecule has 104 valence electrons. The molecule has 0 aliphatic heterocycles. The Balaban J connectivity index is 2.09. The third kappa shape index (κ3) is 6.77. The van der Waals surface area contributed by atoms with Gasteiger partial charge < -0.3 is 14.8 Å². The topological polar surface area (TPSA) is 47.6 Å². The van der Waals surface area contributed by atoms with Crippen molar-refractivity contribution in [1.29, 1.82) is 0 Å². The molecule has 1 N–H and O–H groups in total. The Kier molecular flexibility index (Phi) is 8.51. The van der Waals surface area contributed by atoms with Crippen molar-refractivity contribution < 1.29 is 14.3 Å². The first kappa shape index (κ1) is 15.2. The van der Waals surface area contributed by atoms with E-state index in [-0.39, 0.29) is 11.8 Å². The summed E-state index contributed by atoms with van der Waals surface area (Å²) in [6.07, 6.45) is 9.60. The number of carbonyl (C=O) groups excluding carboxylic acids is 1. The molecule has 0 fully saturated rings. The van der Waals surface area contributed by atoms with E-state index in [1.807, 2.05) is 0 Å². The predicted molar refractivity (Wildman–Crippen MR) is 71.4 cm³/mol. The number of hydrogen-bond acceptors (Lipinski definition) is 3. The molecule has 1 aliphatic carbocycles. The number of carbonyl (C=O) groups is 1. The average Bonchev–Trinajstić information content (AvgIpc) is 2.33. The van der Waals surface area contributed by atoms with Crippen LogP contribution < -0.4 is 5.32 Å². The SMILES string of the molecule is COCCOCCNC(=O)C1CC/C=C\CCC1. The van der Waals surface area contributed by atoms with Gasteiger partial charge >= 0.3 is 0 Å². The lowest BCUT2D eigenvalue weighted by atomic mass is 9.93. The van der Waals surface area contributed by atoms with Crippen LogP contribution in [0.2, 0.25) is 0 Å². The van der Waals surface area contributed by atoms with Crippen LogP contribution in [0.4, 0.5) is 0 Å². The van der Waals surface area contributed by atoms with Gasteiger partial charge in [-0.2, -0.15) is 0 Å². The van der Waals surface area contributed by atoms with E-state index < -0.39 is 0 Å². The molecule has 0 saturated carbocycles. The fourth-order valence-corrected chi connectivity index (χ4v) is 2.06. The summed E-state index contributed by atoms with van der Waals surface area (Å²) in [5, 5.41) is 2.95. The van der Waals surface area contributed by atoms with Crippen molar-refractivity contribution in [3.63, 3.8) is 0 Å². The first-order valence-electron chi connectivity index (χ1n) is 6.84. The molecule has 1 aliphatic rings. The molecule has 4 nitrogen and oxygen atoms in total. The molecule has 1 unspecified atom stereocenters. The average molecular weight is 255 g/mol. The van der Waals surface area contributed by atoms with Gasteiger partial charge in [0.05, 0.1) is 19.8 Å². The number of amides is 1. The lowest BCUT2D eigenvalue weighted by Gasteiger charge is -2.17. The van der Waals surface area contributed by atoms with Gasteiger partial charge in [0, 0.05) is 19.6 Å². The highest BCUT2D eigenvalue weighted by Crippen LogP contribution is 2.18. The van der Waals surface area contributed by atoms with Crippen LogP contribution in [0.1, 0.15) is 32.1 Å². The number of allylic oxidation sites excluding steroid dienone is 2. The normalized spacial score (nSPS) is 21.9. The summed E-state index contributed by atoms with van der Waals surface area (Å²) in [5.74, 6) is 0.356. The lowest BCUT2D eigenvalue weighted by Crippen LogP contribution is -2.33. The van der Waals surface area contributed by atoms with Crippen molar-refractivity contribution in [2.75, 3.05) is 33.5 Å². The summed E-state index contributed by atoms with van der Waals surface area (Å²) in [4.78, 5) is 11.9. The highest BCUT2D eigenvalue weighted by molar-refractivity contribution is 5.78. The second-order valence-corrected chi connectivity index (χ2v) is 4.57. The van der Waals surface area contributed by atoms with Gasteiger partial charge in [0.2, 0.25) is 5.91 Å². The van der Waals surface area contributed by atoms with Gasteiger partial charge in [0.15, 0.2) is 0 Å². The Morgan fingerprint density at radius 3 is 2.89 bits per heavy atom. The maximum absolute atomic E-state index is 11.9. The fourth-order valence-electron chi connectivity index (χ4n) is 2.06. The van der Waals surface area contributed by atoms with E-state index in [4.69, 9.17) is 9.47 Å². The zero-order valence-corrected chi connectivity index (χ0v) is 11.3. The zero-order chi connectivity index (χ0) is 13.1. The summed E-state index contributed by atoms with van der Waals surface area (Å²) in [6, 6.07) is 0. The van der Waals surface area contributed by atoms with Gasteiger partial charge in [0.1, 0.15) is 0 Å². The third-order valence-electron chi connectivity index (χ3n) is 3.12. The minimum atomic E-state index is 0.175. The summed E-state index contributed by atoms with van der Waals surface area (Å²) in [6.45, 7) is 2.33. The van der Waals surface area contributed by atoms with Crippen molar-refractivity contribution in [2.45, 2.75) is 32.1 Å². The van der Waals surface area contributed by atoms with Crippen LogP contribution in [-0.2, 0) is 14.3 Å². The van der Waals surface area contributed by atoms with Crippen LogP contribution in [0.3, 0.4) is 0 Å². The Hall–Kier alpha value is -0.870. The van der Waals surface area contributed by atoms with Crippen LogP contribution in [0.25, 0.3) is 0 Å². The van der Waals surface area contributed by atoms with Crippen LogP contribution in [-0.4, -0.2) is 39.4 Å². The number of methoxy groups -OCH3 is 1. The molecule has 0 spiro atoms. The summed E-state index contributed by atoms with van der Waals surface area (Å²) in [5.41, 5.74) is 0. The van der Waals surface area contributed by atoms with Crippen molar-refractivity contribution in [1.82, 2.24) is 5.32 Å². The molecule has 0 radical (unpaired) electrons. The minimum Gasteiger partial charge on any atom is -0.382 e. The Labute approximate surface area is 110 Å². The third-order valence-corrected chi connectivity index (χ3v) is 3.12. The number of rotatable bonds is 7. The van der Waals surface area contributed by atoms with Crippen molar-refractivity contribution in [3.05, 3.63) is 12.2 Å². The Morgan fingerprint density at radius 2 is 2.06 bits per heavy atom. The molecule has 1 atom stereocenters. The highest BCUT2D eigenvalue weighted by Gasteiger charge is 2.17. The Bertz CT molecular complexity index is 253. The molecule has 0 aromatic carbocycles. The van der Waals surface area contributed by atoms with Crippen molar-refractivity contribution in [2.24, 2.45) is 5.92 Å². The van der Waals surface area contributed by atoms with E-state index in [0.717, 1.165) is 32.1 Å². The molecule has 0 heterocycles. The maximum atomic E-state index is 11.9. The number of ether oxygens (including phenoxy) is 2. The fraction of sp³-hybridized carbons (Fsp3) is 0.786. The largest absolute Gasteiger partial charge is 0.382 e. The van der Waals surface area contributed by atoms with Crippen LogP contribution >= 0.6 is 0 Å². The van der Waals surface area contributed by atoms with Crippen molar-refractivity contribution in [3.8, 4) is 0 Å². The van der Waals surface area contributed by atoms with E-state index in [1.54, 1.807) is 7.11 Å². The smallest absolute Gasteiger partial charge is 0.223 e. The molecular weight excluding hydrogens is 230 g/mol. The molecule has 0 aromatic heterocycles.